The maximum Gasteiger partial charge on any atom is 0.693 e. The van der Waals surface area contributed by atoms with Gasteiger partial charge in [0.2, 0.25) is 5.75 Å². The molecule has 0 saturated carbocycles. The minimum absolute atomic E-state index is 0.0266. The highest BCUT2D eigenvalue weighted by Gasteiger charge is 2.58. The summed E-state index contributed by atoms with van der Waals surface area (Å²) in [5.74, 6) is -0.866. The van der Waals surface area contributed by atoms with E-state index in [0.717, 1.165) is 23.9 Å². The van der Waals surface area contributed by atoms with Gasteiger partial charge >= 0.3 is 19.8 Å². The van der Waals surface area contributed by atoms with Crippen LogP contribution >= 0.6 is 31.4 Å². The smallest absolute Gasteiger partial charge is 0.468 e. The van der Waals surface area contributed by atoms with E-state index in [9.17, 15) is 24.1 Å². The Morgan fingerprint density at radius 2 is 2.08 bits per heavy atom. The Morgan fingerprint density at radius 3 is 2.68 bits per heavy atom. The first kappa shape index (κ1) is 29.2. The van der Waals surface area contributed by atoms with Gasteiger partial charge < -0.3 is 14.6 Å². The van der Waals surface area contributed by atoms with E-state index in [1.165, 1.54) is 32.0 Å². The third-order valence-corrected chi connectivity index (χ3v) is 7.35. The Morgan fingerprint density at radius 1 is 1.38 bits per heavy atom. The van der Waals surface area contributed by atoms with Gasteiger partial charge in [0, 0.05) is 21.9 Å². The number of esters is 1. The van der Waals surface area contributed by atoms with Gasteiger partial charge in [-0.3, -0.25) is 24.0 Å². The van der Waals surface area contributed by atoms with Gasteiger partial charge in [0.05, 0.1) is 17.0 Å². The lowest BCUT2D eigenvalue weighted by Gasteiger charge is -2.27. The van der Waals surface area contributed by atoms with Crippen molar-refractivity contribution in [3.63, 3.8) is 0 Å². The van der Waals surface area contributed by atoms with Crippen molar-refractivity contribution >= 4 is 37.3 Å². The molecule has 1 aliphatic heterocycles. The summed E-state index contributed by atoms with van der Waals surface area (Å²) in [7, 11) is -1.84. The number of nitrogens with zero attached hydrogens (tertiary/aromatic N) is 2. The van der Waals surface area contributed by atoms with Gasteiger partial charge in [-0.05, 0) is 31.5 Å². The van der Waals surface area contributed by atoms with Crippen LogP contribution in [0.3, 0.4) is 0 Å². The summed E-state index contributed by atoms with van der Waals surface area (Å²) in [6.07, 6.45) is -4.03. The van der Waals surface area contributed by atoms with Crippen molar-refractivity contribution in [1.82, 2.24) is 14.4 Å². The van der Waals surface area contributed by atoms with Crippen molar-refractivity contribution in [2.45, 2.75) is 50.4 Å². The van der Waals surface area contributed by atoms with Gasteiger partial charge in [0.25, 0.3) is 5.56 Å². The summed E-state index contributed by atoms with van der Waals surface area (Å²) in [6.45, 7) is 2.14. The Balaban J connectivity index is 1.83. The number of alkyl halides is 1. The van der Waals surface area contributed by atoms with E-state index in [1.54, 1.807) is 0 Å². The van der Waals surface area contributed by atoms with Crippen molar-refractivity contribution in [2.24, 2.45) is 0 Å². The molecule has 0 bridgehead atoms. The lowest BCUT2D eigenvalue weighted by atomic mass is 9.93. The SMILES string of the molecule is CC[C@@]1(F)[C@H](O)[C@@H](CON(C(C)C(=O)OC)[P+](=O)Oc2ccc(Cl)cc2Cl)O[C@H]1n1ccc(=O)[nH]c1=O. The number of carbonyl (C=O) groups is 1. The lowest BCUT2D eigenvalue weighted by Crippen LogP contribution is -2.46. The second kappa shape index (κ2) is 12.0. The number of methoxy groups -OCH3 is 1. The third kappa shape index (κ3) is 6.20. The normalized spacial score (nSPS) is 24.6. The quantitative estimate of drug-likeness (QED) is 0.243. The summed E-state index contributed by atoms with van der Waals surface area (Å²) in [5.41, 5.74) is -4.10. The first-order chi connectivity index (χ1) is 17.4. The molecule has 3 rings (SSSR count). The molecule has 12 nitrogen and oxygen atoms in total. The number of hydrogen-bond acceptors (Lipinski definition) is 9. The molecule has 2 unspecified atom stereocenters. The van der Waals surface area contributed by atoms with Crippen LogP contribution in [0.2, 0.25) is 10.0 Å². The van der Waals surface area contributed by atoms with Crippen LogP contribution in [-0.2, 0) is 23.7 Å². The summed E-state index contributed by atoms with van der Waals surface area (Å²) in [5, 5.41) is 11.1. The number of hydroxylamine groups is 1. The molecule has 16 heteroatoms. The van der Waals surface area contributed by atoms with Gasteiger partial charge in [-0.2, -0.15) is 0 Å². The zero-order valence-corrected chi connectivity index (χ0v) is 22.2. The predicted molar refractivity (Wildman–Crippen MR) is 129 cm³/mol. The van der Waals surface area contributed by atoms with Crippen LogP contribution in [0.1, 0.15) is 26.5 Å². The van der Waals surface area contributed by atoms with Gasteiger partial charge in [-0.1, -0.05) is 30.1 Å². The number of halogens is 3. The van der Waals surface area contributed by atoms with Crippen molar-refractivity contribution in [1.29, 1.82) is 0 Å². The van der Waals surface area contributed by atoms with Crippen LogP contribution in [-0.4, -0.2) is 63.1 Å². The van der Waals surface area contributed by atoms with Crippen LogP contribution in [0.15, 0.2) is 40.1 Å². The van der Waals surface area contributed by atoms with E-state index in [-0.39, 0.29) is 17.2 Å². The molecular weight excluding hydrogens is 559 g/mol. The molecule has 2 N–H and O–H groups in total. The minimum atomic E-state index is -2.94. The van der Waals surface area contributed by atoms with E-state index < -0.39 is 62.2 Å². The molecule has 0 aliphatic carbocycles. The first-order valence-electron chi connectivity index (χ1n) is 10.9. The van der Waals surface area contributed by atoms with Crippen molar-refractivity contribution in [2.75, 3.05) is 13.7 Å². The Kier molecular flexibility index (Phi) is 9.46. The predicted octanol–water partition coefficient (Wildman–Crippen LogP) is 2.75. The summed E-state index contributed by atoms with van der Waals surface area (Å²) < 4.78 is 45.3. The lowest BCUT2D eigenvalue weighted by molar-refractivity contribution is -0.179. The molecule has 202 valence electrons. The second-order valence-electron chi connectivity index (χ2n) is 7.97. The van der Waals surface area contributed by atoms with Crippen LogP contribution in [0.4, 0.5) is 4.39 Å². The molecule has 37 heavy (non-hydrogen) atoms. The van der Waals surface area contributed by atoms with Crippen molar-refractivity contribution in [3.8, 4) is 5.75 Å². The van der Waals surface area contributed by atoms with E-state index >= 15 is 4.39 Å². The van der Waals surface area contributed by atoms with Crippen molar-refractivity contribution < 1.29 is 37.7 Å². The topological polar surface area (TPSA) is 149 Å². The summed E-state index contributed by atoms with van der Waals surface area (Å²) in [4.78, 5) is 44.0. The van der Waals surface area contributed by atoms with Gasteiger partial charge in [0.15, 0.2) is 17.9 Å². The van der Waals surface area contributed by atoms with E-state index in [1.807, 2.05) is 4.98 Å². The molecule has 1 aliphatic rings. The number of aliphatic hydroxyl groups is 1. The number of carbonyl (C=O) groups excluding carboxylic acids is 1. The molecule has 1 saturated heterocycles. The number of rotatable bonds is 10. The van der Waals surface area contributed by atoms with Crippen LogP contribution in [0.5, 0.6) is 5.75 Å². The number of benzene rings is 1. The number of ether oxygens (including phenoxy) is 2. The maximum absolute atomic E-state index is 15.8. The third-order valence-electron chi connectivity index (χ3n) is 5.68. The number of aromatic amines is 1. The second-order valence-corrected chi connectivity index (χ2v) is 9.87. The molecule has 1 aromatic carbocycles. The molecule has 6 atom stereocenters. The number of nitrogens with one attached hydrogen (secondary N) is 1. The molecule has 1 fully saturated rings. The number of hydrogen-bond donors (Lipinski definition) is 2. The average Bonchev–Trinajstić information content (AvgIpc) is 3.10. The molecule has 2 aromatic rings. The fraction of sp³-hybridized carbons (Fsp3) is 0.476. The largest absolute Gasteiger partial charge is 0.693 e. The monoisotopic (exact) mass is 582 g/mol. The molecule has 0 amide bonds. The highest BCUT2D eigenvalue weighted by molar-refractivity contribution is 7.36. The highest BCUT2D eigenvalue weighted by atomic mass is 35.5. The van der Waals surface area contributed by atoms with E-state index in [4.69, 9.17) is 37.3 Å². The molecule has 0 radical (unpaired) electrons. The fourth-order valence-corrected chi connectivity index (χ4v) is 5.06. The minimum Gasteiger partial charge on any atom is -0.468 e. The number of aromatic nitrogens is 2. The van der Waals surface area contributed by atoms with Gasteiger partial charge in [-0.25, -0.2) is 13.7 Å². The van der Waals surface area contributed by atoms with E-state index in [0.29, 0.717) is 9.86 Å². The first-order valence-corrected chi connectivity index (χ1v) is 12.8. The molecule has 2 heterocycles. The number of aliphatic hydroxyl groups excluding tert-OH is 1. The number of H-pyrrole nitrogens is 1. The Bertz CT molecular complexity index is 1280. The van der Waals surface area contributed by atoms with Crippen LogP contribution < -0.4 is 15.8 Å². The molecular formula is C21H24Cl2FN3O9P+. The average molecular weight is 583 g/mol. The molecule has 1 aromatic heterocycles. The molecule has 0 spiro atoms. The Hall–Kier alpha value is -2.38. The maximum atomic E-state index is 15.8. The van der Waals surface area contributed by atoms with Crippen molar-refractivity contribution in [3.05, 3.63) is 61.3 Å². The fourth-order valence-electron chi connectivity index (χ4n) is 3.62. The van der Waals surface area contributed by atoms with E-state index in [2.05, 4.69) is 4.74 Å². The standard InChI is InChI=1S/C21H23Cl2FN3O9P/c1-4-21(24)17(29)15(35-19(21)26-8-7-16(28)25-20(26)31)10-34-27(11(2)18(30)33-3)37(32)36-14-6-5-12(22)9-13(14)23/h5-9,11,15,17,19,29H,4,10H2,1-3H3/p+1/t11?,15-,17-,19-,21-/m1/s1. The highest BCUT2D eigenvalue weighted by Crippen LogP contribution is 2.44. The zero-order valence-electron chi connectivity index (χ0n) is 19.8. The van der Waals surface area contributed by atoms with Crippen LogP contribution in [0.25, 0.3) is 0 Å². The Labute approximate surface area is 220 Å². The van der Waals surface area contributed by atoms with Crippen LogP contribution in [0, 0.1) is 0 Å². The summed E-state index contributed by atoms with van der Waals surface area (Å²) in [6, 6.07) is 3.86. The summed E-state index contributed by atoms with van der Waals surface area (Å²) >= 11 is 11.9. The zero-order chi connectivity index (χ0) is 27.5. The van der Waals surface area contributed by atoms with Gasteiger partial charge in [-0.15, -0.1) is 0 Å². The van der Waals surface area contributed by atoms with Gasteiger partial charge in [0.1, 0.15) is 18.8 Å².